The highest BCUT2D eigenvalue weighted by Gasteiger charge is 2.24. The maximum absolute atomic E-state index is 10.8. The molecule has 3 aromatic carbocycles. The Morgan fingerprint density at radius 2 is 1.77 bits per heavy atom. The quantitative estimate of drug-likeness (QED) is 0.532. The highest BCUT2D eigenvalue weighted by atomic mass is 35.5. The van der Waals surface area contributed by atoms with E-state index in [0.717, 1.165) is 25.1 Å². The fourth-order valence-corrected chi connectivity index (χ4v) is 4.74. The SMILES string of the molecule is C[C@@H](N[C@H]1CCN(c2ccc(CC[SH](=O)=O)cc2)C1)c1cccc2ccccc12.Cl. The minimum Gasteiger partial charge on any atom is -0.370 e. The van der Waals surface area contributed by atoms with Crippen molar-refractivity contribution in [2.24, 2.45) is 0 Å². The van der Waals surface area contributed by atoms with Crippen molar-refractivity contribution >= 4 is 39.6 Å². The highest BCUT2D eigenvalue weighted by molar-refractivity contribution is 7.72. The van der Waals surface area contributed by atoms with Crippen LogP contribution in [0.25, 0.3) is 10.8 Å². The largest absolute Gasteiger partial charge is 0.370 e. The van der Waals surface area contributed by atoms with E-state index < -0.39 is 10.7 Å². The van der Waals surface area contributed by atoms with Gasteiger partial charge in [0.05, 0.1) is 5.75 Å². The standard InChI is InChI=1S/C24H28N2O2S.ClH/c1-18(23-8-4-6-20-5-2-3-7-24(20)23)25-21-13-15-26(17-21)22-11-9-19(10-12-22)14-16-29(27)28;/h2-12,18,21,25,29H,13-17H2,1H3;1H/t18-,21+;/m1./s1. The smallest absolute Gasteiger partial charge is 0.140 e. The molecule has 0 radical (unpaired) electrons. The van der Waals surface area contributed by atoms with Gasteiger partial charge in [-0.15, -0.1) is 12.4 Å². The molecule has 160 valence electrons. The molecule has 1 heterocycles. The molecule has 0 aliphatic carbocycles. The first-order valence-corrected chi connectivity index (χ1v) is 11.7. The third kappa shape index (κ3) is 5.34. The van der Waals surface area contributed by atoms with Crippen LogP contribution >= 0.6 is 12.4 Å². The number of hydrogen-bond acceptors (Lipinski definition) is 4. The molecule has 1 fully saturated rings. The summed E-state index contributed by atoms with van der Waals surface area (Å²) in [6, 6.07) is 24.2. The number of hydrogen-bond donors (Lipinski definition) is 2. The van der Waals surface area contributed by atoms with Crippen LogP contribution in [0.2, 0.25) is 0 Å². The van der Waals surface area contributed by atoms with E-state index in [1.54, 1.807) is 0 Å². The van der Waals surface area contributed by atoms with E-state index in [1.807, 2.05) is 12.1 Å². The maximum atomic E-state index is 10.8. The summed E-state index contributed by atoms with van der Waals surface area (Å²) in [4.78, 5) is 2.41. The number of fused-ring (bicyclic) bond motifs is 1. The van der Waals surface area contributed by atoms with Crippen molar-refractivity contribution in [3.8, 4) is 0 Å². The van der Waals surface area contributed by atoms with Gasteiger partial charge >= 0.3 is 0 Å². The second-order valence-corrected chi connectivity index (χ2v) is 8.97. The molecule has 0 amide bonds. The van der Waals surface area contributed by atoms with Gasteiger partial charge in [0, 0.05) is 30.9 Å². The maximum Gasteiger partial charge on any atom is 0.140 e. The average Bonchev–Trinajstić information content (AvgIpc) is 3.20. The molecule has 1 aliphatic heterocycles. The zero-order valence-corrected chi connectivity index (χ0v) is 18.9. The zero-order chi connectivity index (χ0) is 20.2. The Balaban J connectivity index is 0.00000256. The molecular formula is C24H29ClN2O2S. The van der Waals surface area contributed by atoms with Gasteiger partial charge in [0.25, 0.3) is 0 Å². The van der Waals surface area contributed by atoms with Crippen LogP contribution in [-0.2, 0) is 17.1 Å². The summed E-state index contributed by atoms with van der Waals surface area (Å²) in [6.07, 6.45) is 1.71. The Kier molecular flexibility index (Phi) is 7.75. The van der Waals surface area contributed by atoms with Crippen molar-refractivity contribution in [2.75, 3.05) is 23.7 Å². The molecule has 2 atom stereocenters. The van der Waals surface area contributed by atoms with Crippen LogP contribution in [0.5, 0.6) is 0 Å². The van der Waals surface area contributed by atoms with Gasteiger partial charge in [0.1, 0.15) is 10.7 Å². The van der Waals surface area contributed by atoms with Gasteiger partial charge in [0.2, 0.25) is 0 Å². The predicted octanol–water partition coefficient (Wildman–Crippen LogP) is 4.35. The minimum absolute atomic E-state index is 0. The molecule has 4 rings (SSSR count). The molecule has 0 bridgehead atoms. The van der Waals surface area contributed by atoms with Gasteiger partial charge in [-0.05, 0) is 53.8 Å². The Bertz CT molecular complexity index is 1040. The fraction of sp³-hybridized carbons (Fsp3) is 0.333. The van der Waals surface area contributed by atoms with E-state index in [9.17, 15) is 8.42 Å². The van der Waals surface area contributed by atoms with Gasteiger partial charge in [-0.2, -0.15) is 0 Å². The number of anilines is 1. The first kappa shape index (κ1) is 22.6. The van der Waals surface area contributed by atoms with Gasteiger partial charge in [-0.3, -0.25) is 0 Å². The summed E-state index contributed by atoms with van der Waals surface area (Å²) in [5, 5.41) is 6.43. The van der Waals surface area contributed by atoms with Crippen LogP contribution in [0, 0.1) is 0 Å². The third-order valence-electron chi connectivity index (χ3n) is 5.85. The fourth-order valence-electron chi connectivity index (χ4n) is 4.30. The van der Waals surface area contributed by atoms with Crippen LogP contribution in [0.4, 0.5) is 5.69 Å². The minimum atomic E-state index is -2.30. The van der Waals surface area contributed by atoms with Crippen molar-refractivity contribution in [3.05, 3.63) is 77.9 Å². The number of thiol groups is 1. The van der Waals surface area contributed by atoms with Crippen LogP contribution in [0.1, 0.15) is 30.5 Å². The van der Waals surface area contributed by atoms with Crippen molar-refractivity contribution < 1.29 is 8.42 Å². The van der Waals surface area contributed by atoms with Gasteiger partial charge < -0.3 is 10.2 Å². The zero-order valence-electron chi connectivity index (χ0n) is 17.2. The van der Waals surface area contributed by atoms with Gasteiger partial charge in [-0.25, -0.2) is 8.42 Å². The number of nitrogens with zero attached hydrogens (tertiary/aromatic N) is 1. The normalized spacial score (nSPS) is 17.3. The molecular weight excluding hydrogens is 416 g/mol. The monoisotopic (exact) mass is 444 g/mol. The number of rotatable bonds is 7. The van der Waals surface area contributed by atoms with Crippen LogP contribution in [0.15, 0.2) is 66.7 Å². The lowest BCUT2D eigenvalue weighted by atomic mass is 9.99. The summed E-state index contributed by atoms with van der Waals surface area (Å²) >= 11 is 0. The Labute approximate surface area is 186 Å². The first-order chi connectivity index (χ1) is 14.1. The summed E-state index contributed by atoms with van der Waals surface area (Å²) in [6.45, 7) is 4.27. The lowest BCUT2D eigenvalue weighted by molar-refractivity contribution is 0.483. The summed E-state index contributed by atoms with van der Waals surface area (Å²) in [5.74, 6) is 0.219. The molecule has 0 spiro atoms. The van der Waals surface area contributed by atoms with Gasteiger partial charge in [-0.1, -0.05) is 54.6 Å². The van der Waals surface area contributed by atoms with Crippen molar-refractivity contribution in [1.29, 1.82) is 0 Å². The van der Waals surface area contributed by atoms with Crippen LogP contribution in [-0.4, -0.2) is 33.3 Å². The van der Waals surface area contributed by atoms with E-state index in [-0.39, 0.29) is 18.2 Å². The third-order valence-corrected chi connectivity index (χ3v) is 6.44. The molecule has 0 saturated carbocycles. The average molecular weight is 445 g/mol. The van der Waals surface area contributed by atoms with Crippen molar-refractivity contribution in [3.63, 3.8) is 0 Å². The number of nitrogens with one attached hydrogen (secondary N) is 1. The molecule has 1 aliphatic rings. The lowest BCUT2D eigenvalue weighted by Crippen LogP contribution is -2.34. The van der Waals surface area contributed by atoms with Crippen LogP contribution in [0.3, 0.4) is 0 Å². The number of benzene rings is 3. The van der Waals surface area contributed by atoms with Crippen molar-refractivity contribution in [1.82, 2.24) is 5.32 Å². The van der Waals surface area contributed by atoms with Gasteiger partial charge in [0.15, 0.2) is 0 Å². The molecule has 1 saturated heterocycles. The Morgan fingerprint density at radius 3 is 2.53 bits per heavy atom. The van der Waals surface area contributed by atoms with Crippen molar-refractivity contribution in [2.45, 2.75) is 31.8 Å². The molecule has 0 unspecified atom stereocenters. The Hall–Kier alpha value is -2.08. The second-order valence-electron chi connectivity index (χ2n) is 7.86. The summed E-state index contributed by atoms with van der Waals surface area (Å²) < 4.78 is 21.5. The lowest BCUT2D eigenvalue weighted by Gasteiger charge is -2.23. The molecule has 1 N–H and O–H groups in total. The van der Waals surface area contributed by atoms with Crippen LogP contribution < -0.4 is 10.2 Å². The molecule has 3 aromatic rings. The number of aryl methyl sites for hydroxylation is 1. The topological polar surface area (TPSA) is 49.4 Å². The first-order valence-electron chi connectivity index (χ1n) is 10.3. The predicted molar refractivity (Wildman–Crippen MR) is 129 cm³/mol. The molecule has 0 aromatic heterocycles. The second kappa shape index (κ2) is 10.3. The van der Waals surface area contributed by atoms with E-state index >= 15 is 0 Å². The van der Waals surface area contributed by atoms with E-state index in [1.165, 1.54) is 22.0 Å². The summed E-state index contributed by atoms with van der Waals surface area (Å²) in [7, 11) is -2.30. The summed E-state index contributed by atoms with van der Waals surface area (Å²) in [5.41, 5.74) is 3.64. The molecule has 4 nitrogen and oxygen atoms in total. The van der Waals surface area contributed by atoms with E-state index in [4.69, 9.17) is 0 Å². The van der Waals surface area contributed by atoms with E-state index in [0.29, 0.717) is 18.5 Å². The Morgan fingerprint density at radius 1 is 1.03 bits per heavy atom. The highest BCUT2D eigenvalue weighted by Crippen LogP contribution is 2.27. The molecule has 6 heteroatoms. The molecule has 30 heavy (non-hydrogen) atoms. The van der Waals surface area contributed by atoms with E-state index in [2.05, 4.69) is 71.7 Å². The number of halogens is 1.